The Bertz CT molecular complexity index is 607. The van der Waals surface area contributed by atoms with Gasteiger partial charge in [0.05, 0.1) is 19.3 Å². The molecule has 0 saturated heterocycles. The topological polar surface area (TPSA) is 82.3 Å². The zero-order chi connectivity index (χ0) is 13.0. The van der Waals surface area contributed by atoms with Crippen molar-refractivity contribution in [2.75, 3.05) is 12.9 Å². The van der Waals surface area contributed by atoms with Gasteiger partial charge in [-0.25, -0.2) is 0 Å². The van der Waals surface area contributed by atoms with Crippen molar-refractivity contribution in [3.05, 3.63) is 36.2 Å². The molecule has 2 aromatic rings. The molecule has 0 radical (unpaired) electrons. The molecule has 1 aromatic carbocycles. The van der Waals surface area contributed by atoms with E-state index in [9.17, 15) is 8.42 Å². The van der Waals surface area contributed by atoms with Gasteiger partial charge >= 0.3 is 0 Å². The van der Waals surface area contributed by atoms with Gasteiger partial charge in [-0.3, -0.25) is 4.18 Å². The van der Waals surface area contributed by atoms with Crippen molar-refractivity contribution >= 4 is 10.1 Å². The Labute approximate surface area is 105 Å². The predicted octanol–water partition coefficient (Wildman–Crippen LogP) is 1.26. The fourth-order valence-corrected chi connectivity index (χ4v) is 1.72. The van der Waals surface area contributed by atoms with E-state index in [1.807, 2.05) is 30.3 Å². The Hall–Kier alpha value is -1.73. The van der Waals surface area contributed by atoms with E-state index >= 15 is 0 Å². The van der Waals surface area contributed by atoms with Gasteiger partial charge in [-0.15, -0.1) is 10.2 Å². The Morgan fingerprint density at radius 3 is 2.61 bits per heavy atom. The summed E-state index contributed by atoms with van der Waals surface area (Å²) < 4.78 is 31.5. The first kappa shape index (κ1) is 12.7. The fraction of sp³-hybridized carbons (Fsp3) is 0.273. The molecule has 1 heterocycles. The number of hydrogen-bond acceptors (Lipinski definition) is 6. The van der Waals surface area contributed by atoms with Crippen LogP contribution < -0.4 is 0 Å². The molecule has 0 aliphatic carbocycles. The first-order chi connectivity index (χ1) is 8.54. The van der Waals surface area contributed by atoms with Crippen molar-refractivity contribution in [3.63, 3.8) is 0 Å². The molecule has 0 saturated carbocycles. The minimum absolute atomic E-state index is 0.00471. The van der Waals surface area contributed by atoms with Crippen LogP contribution in [0.2, 0.25) is 0 Å². The van der Waals surface area contributed by atoms with Gasteiger partial charge in [-0.1, -0.05) is 18.2 Å². The van der Waals surface area contributed by atoms with Crippen molar-refractivity contribution in [1.29, 1.82) is 0 Å². The highest BCUT2D eigenvalue weighted by Crippen LogP contribution is 2.16. The molecule has 0 aliphatic heterocycles. The van der Waals surface area contributed by atoms with Crippen molar-refractivity contribution in [3.8, 4) is 11.5 Å². The highest BCUT2D eigenvalue weighted by molar-refractivity contribution is 7.85. The van der Waals surface area contributed by atoms with Crippen LogP contribution in [0.5, 0.6) is 0 Å². The van der Waals surface area contributed by atoms with Crippen molar-refractivity contribution < 1.29 is 17.0 Å². The van der Waals surface area contributed by atoms with Crippen LogP contribution in [0, 0.1) is 0 Å². The second-order valence-corrected chi connectivity index (χ2v) is 5.29. The van der Waals surface area contributed by atoms with E-state index in [0.29, 0.717) is 11.8 Å². The van der Waals surface area contributed by atoms with Crippen molar-refractivity contribution in [2.45, 2.75) is 6.42 Å². The number of nitrogens with zero attached hydrogens (tertiary/aromatic N) is 2. The first-order valence-electron chi connectivity index (χ1n) is 5.27. The van der Waals surface area contributed by atoms with Crippen LogP contribution in [0.3, 0.4) is 0 Å². The smallest absolute Gasteiger partial charge is 0.264 e. The third-order valence-electron chi connectivity index (χ3n) is 2.10. The fourth-order valence-electron chi connectivity index (χ4n) is 1.33. The molecule has 0 spiro atoms. The Morgan fingerprint density at radius 2 is 1.94 bits per heavy atom. The van der Waals surface area contributed by atoms with E-state index in [0.717, 1.165) is 11.8 Å². The largest absolute Gasteiger partial charge is 0.421 e. The second kappa shape index (κ2) is 5.28. The maximum atomic E-state index is 10.8. The summed E-state index contributed by atoms with van der Waals surface area (Å²) in [6.07, 6.45) is 1.25. The van der Waals surface area contributed by atoms with Crippen LogP contribution in [0.25, 0.3) is 11.5 Å². The lowest BCUT2D eigenvalue weighted by atomic mass is 10.2. The maximum Gasteiger partial charge on any atom is 0.264 e. The number of benzene rings is 1. The molecule has 0 unspecified atom stereocenters. The van der Waals surface area contributed by atoms with Crippen LogP contribution in [0.1, 0.15) is 5.89 Å². The Kier molecular flexibility index (Phi) is 3.73. The van der Waals surface area contributed by atoms with Gasteiger partial charge in [-0.05, 0) is 12.1 Å². The molecule has 96 valence electrons. The Balaban J connectivity index is 1.99. The molecule has 2 rings (SSSR count). The zero-order valence-electron chi connectivity index (χ0n) is 9.74. The number of hydrogen-bond donors (Lipinski definition) is 0. The summed E-state index contributed by atoms with van der Waals surface area (Å²) >= 11 is 0. The highest BCUT2D eigenvalue weighted by atomic mass is 32.2. The van der Waals surface area contributed by atoms with Gasteiger partial charge in [0.1, 0.15) is 0 Å². The van der Waals surface area contributed by atoms with Gasteiger partial charge < -0.3 is 4.42 Å². The first-order valence-corrected chi connectivity index (χ1v) is 7.08. The summed E-state index contributed by atoms with van der Waals surface area (Å²) in [6.45, 7) is -0.00471. The van der Waals surface area contributed by atoms with Gasteiger partial charge in [0, 0.05) is 5.56 Å². The van der Waals surface area contributed by atoms with E-state index in [1.165, 1.54) is 0 Å². The normalized spacial score (nSPS) is 11.6. The van der Waals surface area contributed by atoms with E-state index in [1.54, 1.807) is 0 Å². The number of aromatic nitrogens is 2. The minimum Gasteiger partial charge on any atom is -0.421 e. The molecule has 6 nitrogen and oxygen atoms in total. The average molecular weight is 268 g/mol. The summed E-state index contributed by atoms with van der Waals surface area (Å²) in [5.41, 5.74) is 0.820. The molecule has 0 aliphatic rings. The lowest BCUT2D eigenvalue weighted by molar-refractivity contribution is 0.312. The molecule has 0 amide bonds. The van der Waals surface area contributed by atoms with Crippen LogP contribution in [0.15, 0.2) is 34.7 Å². The molecular weight excluding hydrogens is 256 g/mol. The highest BCUT2D eigenvalue weighted by Gasteiger charge is 2.09. The third-order valence-corrected chi connectivity index (χ3v) is 2.70. The molecule has 1 aromatic heterocycles. The summed E-state index contributed by atoms with van der Waals surface area (Å²) in [4.78, 5) is 0. The Morgan fingerprint density at radius 1 is 1.22 bits per heavy atom. The van der Waals surface area contributed by atoms with Crippen LogP contribution in [-0.2, 0) is 20.7 Å². The molecule has 0 fully saturated rings. The van der Waals surface area contributed by atoms with Crippen LogP contribution in [0.4, 0.5) is 0 Å². The second-order valence-electron chi connectivity index (χ2n) is 3.64. The molecule has 18 heavy (non-hydrogen) atoms. The summed E-state index contributed by atoms with van der Waals surface area (Å²) in [6, 6.07) is 9.33. The quantitative estimate of drug-likeness (QED) is 0.759. The standard InChI is InChI=1S/C11H12N2O4S/c1-18(14,15)16-8-7-10-12-13-11(17-10)9-5-3-2-4-6-9/h2-6H,7-8H2,1H3. The lowest BCUT2D eigenvalue weighted by Gasteiger charge is -1.97. The van der Waals surface area contributed by atoms with Crippen LogP contribution >= 0.6 is 0 Å². The SMILES string of the molecule is CS(=O)(=O)OCCc1nnc(-c2ccccc2)o1. The molecular formula is C11H12N2O4S. The third kappa shape index (κ3) is 3.64. The van der Waals surface area contributed by atoms with E-state index < -0.39 is 10.1 Å². The van der Waals surface area contributed by atoms with E-state index in [2.05, 4.69) is 14.4 Å². The number of rotatable bonds is 5. The molecule has 0 N–H and O–H groups in total. The van der Waals surface area contributed by atoms with E-state index in [-0.39, 0.29) is 13.0 Å². The van der Waals surface area contributed by atoms with Gasteiger partial charge in [0.15, 0.2) is 0 Å². The van der Waals surface area contributed by atoms with Crippen LogP contribution in [-0.4, -0.2) is 31.5 Å². The van der Waals surface area contributed by atoms with E-state index in [4.69, 9.17) is 4.42 Å². The lowest BCUT2D eigenvalue weighted by Crippen LogP contribution is -2.06. The summed E-state index contributed by atoms with van der Waals surface area (Å²) in [7, 11) is -3.43. The van der Waals surface area contributed by atoms with Gasteiger partial charge in [0.2, 0.25) is 11.8 Å². The van der Waals surface area contributed by atoms with Gasteiger partial charge in [0.25, 0.3) is 10.1 Å². The van der Waals surface area contributed by atoms with Crippen molar-refractivity contribution in [1.82, 2.24) is 10.2 Å². The average Bonchev–Trinajstić information content (AvgIpc) is 2.77. The monoisotopic (exact) mass is 268 g/mol. The molecule has 0 bridgehead atoms. The molecule has 7 heteroatoms. The summed E-state index contributed by atoms with van der Waals surface area (Å²) in [5.74, 6) is 0.752. The predicted molar refractivity (Wildman–Crippen MR) is 64.2 cm³/mol. The van der Waals surface area contributed by atoms with Crippen molar-refractivity contribution in [2.24, 2.45) is 0 Å². The minimum atomic E-state index is -3.43. The van der Waals surface area contributed by atoms with Gasteiger partial charge in [-0.2, -0.15) is 8.42 Å². The maximum absolute atomic E-state index is 10.8. The molecule has 0 atom stereocenters. The summed E-state index contributed by atoms with van der Waals surface area (Å²) in [5, 5.41) is 7.70. The zero-order valence-corrected chi connectivity index (χ0v) is 10.6.